The zero-order chi connectivity index (χ0) is 18.8. The molecule has 1 unspecified atom stereocenters. The summed E-state index contributed by atoms with van der Waals surface area (Å²) in [7, 11) is 2.10. The number of carbonyl (C=O) groups excluding carboxylic acids is 1. The van der Waals surface area contributed by atoms with Crippen LogP contribution in [0.15, 0.2) is 24.3 Å². The minimum absolute atomic E-state index is 0.250. The lowest BCUT2D eigenvalue weighted by Gasteiger charge is -2.28. The highest BCUT2D eigenvalue weighted by molar-refractivity contribution is 5.77. The fraction of sp³-hybridized carbons (Fsp3) is 0.545. The maximum atomic E-state index is 12.9. The SMILES string of the molecule is CCC(CC(=O)N1CCc2c(nc(C(C)C)n2C)C1)c1ccc(C)cc1. The predicted molar refractivity (Wildman–Crippen MR) is 105 cm³/mol. The van der Waals surface area contributed by atoms with Gasteiger partial charge in [0.05, 0.1) is 12.2 Å². The number of carbonyl (C=O) groups is 1. The Bertz CT molecular complexity index is 773. The molecule has 26 heavy (non-hydrogen) atoms. The van der Waals surface area contributed by atoms with Crippen molar-refractivity contribution in [3.8, 4) is 0 Å². The van der Waals surface area contributed by atoms with E-state index in [1.807, 2.05) is 4.90 Å². The van der Waals surface area contributed by atoms with Crippen LogP contribution in [0.2, 0.25) is 0 Å². The molecule has 140 valence electrons. The maximum Gasteiger partial charge on any atom is 0.223 e. The topological polar surface area (TPSA) is 38.1 Å². The average Bonchev–Trinajstić information content (AvgIpc) is 2.97. The van der Waals surface area contributed by atoms with Crippen LogP contribution in [-0.4, -0.2) is 26.9 Å². The summed E-state index contributed by atoms with van der Waals surface area (Å²) in [5, 5.41) is 0. The molecule has 2 heterocycles. The maximum absolute atomic E-state index is 12.9. The summed E-state index contributed by atoms with van der Waals surface area (Å²) < 4.78 is 2.23. The number of nitrogens with zero attached hydrogens (tertiary/aromatic N) is 3. The van der Waals surface area contributed by atoms with Crippen LogP contribution in [0.3, 0.4) is 0 Å². The fourth-order valence-electron chi connectivity index (χ4n) is 3.95. The van der Waals surface area contributed by atoms with E-state index in [-0.39, 0.29) is 5.91 Å². The summed E-state index contributed by atoms with van der Waals surface area (Å²) >= 11 is 0. The molecule has 4 nitrogen and oxygen atoms in total. The fourth-order valence-corrected chi connectivity index (χ4v) is 3.95. The van der Waals surface area contributed by atoms with Crippen LogP contribution < -0.4 is 0 Å². The number of imidazole rings is 1. The lowest BCUT2D eigenvalue weighted by Crippen LogP contribution is -2.37. The molecule has 0 N–H and O–H groups in total. The third kappa shape index (κ3) is 3.69. The van der Waals surface area contributed by atoms with Gasteiger partial charge in [-0.15, -0.1) is 0 Å². The van der Waals surface area contributed by atoms with Crippen molar-refractivity contribution in [2.75, 3.05) is 6.54 Å². The Balaban J connectivity index is 1.71. The number of rotatable bonds is 5. The van der Waals surface area contributed by atoms with Crippen molar-refractivity contribution >= 4 is 5.91 Å². The van der Waals surface area contributed by atoms with Crippen LogP contribution in [0.25, 0.3) is 0 Å². The second kappa shape index (κ2) is 7.65. The Morgan fingerprint density at radius 3 is 2.54 bits per heavy atom. The molecule has 0 saturated heterocycles. The Morgan fingerprint density at radius 1 is 1.23 bits per heavy atom. The van der Waals surface area contributed by atoms with E-state index in [4.69, 9.17) is 4.98 Å². The molecule has 2 aromatic rings. The third-order valence-corrected chi connectivity index (χ3v) is 5.62. The normalized spacial score (nSPS) is 15.2. The smallest absolute Gasteiger partial charge is 0.223 e. The van der Waals surface area contributed by atoms with Gasteiger partial charge in [-0.25, -0.2) is 4.98 Å². The van der Waals surface area contributed by atoms with Crippen LogP contribution >= 0.6 is 0 Å². The van der Waals surface area contributed by atoms with Gasteiger partial charge in [-0.1, -0.05) is 50.6 Å². The van der Waals surface area contributed by atoms with Gasteiger partial charge in [0.2, 0.25) is 5.91 Å². The van der Waals surface area contributed by atoms with Gasteiger partial charge in [0.15, 0.2) is 0 Å². The number of aromatic nitrogens is 2. The van der Waals surface area contributed by atoms with Crippen molar-refractivity contribution in [3.63, 3.8) is 0 Å². The summed E-state index contributed by atoms with van der Waals surface area (Å²) in [6.07, 6.45) is 2.46. The second-order valence-corrected chi connectivity index (χ2v) is 7.86. The quantitative estimate of drug-likeness (QED) is 0.803. The molecule has 1 aliphatic heterocycles. The standard InChI is InChI=1S/C22H31N3O/c1-6-17(18-9-7-16(4)8-10-18)13-21(26)25-12-11-20-19(14-25)23-22(15(2)3)24(20)5/h7-10,15,17H,6,11-14H2,1-5H3. The van der Waals surface area contributed by atoms with Crippen LogP contribution in [0, 0.1) is 6.92 Å². The van der Waals surface area contributed by atoms with Crippen LogP contribution in [0.4, 0.5) is 0 Å². The number of fused-ring (bicyclic) bond motifs is 1. The predicted octanol–water partition coefficient (Wildman–Crippen LogP) is 4.32. The number of hydrogen-bond acceptors (Lipinski definition) is 2. The van der Waals surface area contributed by atoms with Crippen molar-refractivity contribution in [2.45, 2.75) is 65.3 Å². The van der Waals surface area contributed by atoms with E-state index in [2.05, 4.69) is 63.6 Å². The van der Waals surface area contributed by atoms with Gasteiger partial charge in [0.25, 0.3) is 0 Å². The van der Waals surface area contributed by atoms with Crippen LogP contribution in [0.1, 0.15) is 73.8 Å². The van der Waals surface area contributed by atoms with Gasteiger partial charge in [0.1, 0.15) is 5.82 Å². The van der Waals surface area contributed by atoms with Crippen molar-refractivity contribution in [3.05, 3.63) is 52.6 Å². The van der Waals surface area contributed by atoms with Gasteiger partial charge in [-0.2, -0.15) is 0 Å². The minimum atomic E-state index is 0.250. The Hall–Kier alpha value is -2.10. The van der Waals surface area contributed by atoms with Gasteiger partial charge in [-0.3, -0.25) is 4.79 Å². The molecule has 1 aromatic heterocycles. The van der Waals surface area contributed by atoms with Gasteiger partial charge < -0.3 is 9.47 Å². The zero-order valence-corrected chi connectivity index (χ0v) is 16.7. The zero-order valence-electron chi connectivity index (χ0n) is 16.7. The van der Waals surface area contributed by atoms with E-state index >= 15 is 0 Å². The van der Waals surface area contributed by atoms with E-state index in [1.54, 1.807) is 0 Å². The molecule has 1 aromatic carbocycles. The molecule has 1 amide bonds. The van der Waals surface area contributed by atoms with Crippen LogP contribution in [-0.2, 0) is 24.8 Å². The second-order valence-electron chi connectivity index (χ2n) is 7.86. The molecule has 0 bridgehead atoms. The molecule has 1 atom stereocenters. The summed E-state index contributed by atoms with van der Waals surface area (Å²) in [6, 6.07) is 8.60. The Labute approximate surface area is 157 Å². The van der Waals surface area contributed by atoms with Gasteiger partial charge >= 0.3 is 0 Å². The lowest BCUT2D eigenvalue weighted by molar-refractivity contribution is -0.132. The van der Waals surface area contributed by atoms with Crippen molar-refractivity contribution < 1.29 is 4.79 Å². The molecule has 1 aliphatic rings. The highest BCUT2D eigenvalue weighted by Gasteiger charge is 2.27. The average molecular weight is 354 g/mol. The van der Waals surface area contributed by atoms with Crippen molar-refractivity contribution in [2.24, 2.45) is 7.05 Å². The largest absolute Gasteiger partial charge is 0.336 e. The highest BCUT2D eigenvalue weighted by Crippen LogP contribution is 2.27. The highest BCUT2D eigenvalue weighted by atomic mass is 16.2. The van der Waals surface area contributed by atoms with Crippen molar-refractivity contribution in [1.29, 1.82) is 0 Å². The molecular formula is C22H31N3O. The first-order chi connectivity index (χ1) is 12.4. The van der Waals surface area contributed by atoms with E-state index in [9.17, 15) is 4.79 Å². The molecule has 0 spiro atoms. The molecule has 4 heteroatoms. The summed E-state index contributed by atoms with van der Waals surface area (Å²) in [6.45, 7) is 10.1. The molecular weight excluding hydrogens is 322 g/mol. The first kappa shape index (κ1) is 18.7. The summed E-state index contributed by atoms with van der Waals surface area (Å²) in [4.78, 5) is 19.7. The lowest BCUT2D eigenvalue weighted by atomic mass is 9.92. The number of amides is 1. The Kier molecular flexibility index (Phi) is 5.49. The summed E-state index contributed by atoms with van der Waals surface area (Å²) in [5.74, 6) is 2.07. The van der Waals surface area contributed by atoms with Gasteiger partial charge in [-0.05, 0) is 24.8 Å². The van der Waals surface area contributed by atoms with Gasteiger partial charge in [0, 0.05) is 38.0 Å². The first-order valence-corrected chi connectivity index (χ1v) is 9.79. The first-order valence-electron chi connectivity index (χ1n) is 9.79. The van der Waals surface area contributed by atoms with E-state index in [1.165, 1.54) is 16.8 Å². The van der Waals surface area contributed by atoms with E-state index in [0.29, 0.717) is 24.8 Å². The van der Waals surface area contributed by atoms with E-state index in [0.717, 1.165) is 30.9 Å². The monoisotopic (exact) mass is 353 g/mol. The summed E-state index contributed by atoms with van der Waals surface area (Å²) in [5.41, 5.74) is 4.90. The Morgan fingerprint density at radius 2 is 1.92 bits per heavy atom. The molecule has 0 fully saturated rings. The van der Waals surface area contributed by atoms with Crippen LogP contribution in [0.5, 0.6) is 0 Å². The molecule has 0 radical (unpaired) electrons. The number of aryl methyl sites for hydroxylation is 1. The minimum Gasteiger partial charge on any atom is -0.336 e. The molecule has 0 saturated carbocycles. The molecule has 3 rings (SSSR count). The number of hydrogen-bond donors (Lipinski definition) is 0. The van der Waals surface area contributed by atoms with Crippen molar-refractivity contribution in [1.82, 2.24) is 14.5 Å². The number of benzene rings is 1. The molecule has 0 aliphatic carbocycles. The third-order valence-electron chi connectivity index (χ3n) is 5.62. The van der Waals surface area contributed by atoms with E-state index < -0.39 is 0 Å².